The maximum Gasteiger partial charge on any atom is 0.217 e. The zero-order valence-corrected chi connectivity index (χ0v) is 10.2. The molecule has 1 amide bonds. The predicted octanol–water partition coefficient (Wildman–Crippen LogP) is 1.75. The highest BCUT2D eigenvalue weighted by atomic mass is 32.1. The lowest BCUT2D eigenvalue weighted by molar-refractivity contribution is -0.126. The number of amides is 1. The van der Waals surface area contributed by atoms with Gasteiger partial charge in [-0.2, -0.15) is 12.6 Å². The molecule has 0 aliphatic carbocycles. The van der Waals surface area contributed by atoms with Crippen LogP contribution in [0.15, 0.2) is 30.3 Å². The average Bonchev–Trinajstić information content (AvgIpc) is 2.26. The van der Waals surface area contributed by atoms with Gasteiger partial charge in [0, 0.05) is 6.92 Å². The van der Waals surface area contributed by atoms with Gasteiger partial charge in [-0.1, -0.05) is 30.3 Å². The van der Waals surface area contributed by atoms with Gasteiger partial charge in [0.15, 0.2) is 5.78 Å². The number of benzene rings is 1. The van der Waals surface area contributed by atoms with E-state index >= 15 is 0 Å². The highest BCUT2D eigenvalue weighted by Crippen LogP contribution is 2.17. The van der Waals surface area contributed by atoms with Crippen molar-refractivity contribution < 1.29 is 9.59 Å². The van der Waals surface area contributed by atoms with Crippen molar-refractivity contribution in [1.29, 1.82) is 0 Å². The molecular weight excluding hydrogens is 222 g/mol. The molecule has 1 aromatic carbocycles. The van der Waals surface area contributed by atoms with Crippen LogP contribution in [-0.2, 0) is 9.59 Å². The molecule has 3 nitrogen and oxygen atoms in total. The number of thiol groups is 1. The summed E-state index contributed by atoms with van der Waals surface area (Å²) in [6.07, 6.45) is 0. The van der Waals surface area contributed by atoms with Gasteiger partial charge in [-0.25, -0.2) is 0 Å². The fourth-order valence-corrected chi connectivity index (χ4v) is 1.56. The topological polar surface area (TPSA) is 46.2 Å². The average molecular weight is 237 g/mol. The summed E-state index contributed by atoms with van der Waals surface area (Å²) >= 11 is 4.10. The molecule has 1 unspecified atom stereocenters. The fraction of sp³-hybridized carbons (Fsp3) is 0.333. The van der Waals surface area contributed by atoms with Crippen molar-refractivity contribution in [3.05, 3.63) is 35.9 Å². The summed E-state index contributed by atoms with van der Waals surface area (Å²) in [5, 5.41) is 2.23. The SMILES string of the molecule is CC(=O)N[C@@H](C(=O)C(C)S)c1ccccc1. The molecule has 0 saturated heterocycles. The molecule has 16 heavy (non-hydrogen) atoms. The van der Waals surface area contributed by atoms with Gasteiger partial charge in [0.1, 0.15) is 6.04 Å². The number of Topliss-reactive ketones (excluding diaryl/α,β-unsaturated/α-hetero) is 1. The number of hydrogen-bond donors (Lipinski definition) is 2. The Bertz CT molecular complexity index is 376. The Morgan fingerprint density at radius 3 is 2.25 bits per heavy atom. The van der Waals surface area contributed by atoms with Crippen LogP contribution in [0.25, 0.3) is 0 Å². The zero-order valence-electron chi connectivity index (χ0n) is 9.31. The minimum atomic E-state index is -0.605. The van der Waals surface area contributed by atoms with Crippen LogP contribution in [0, 0.1) is 0 Å². The summed E-state index contributed by atoms with van der Waals surface area (Å²) in [4.78, 5) is 23.0. The van der Waals surface area contributed by atoms with Crippen molar-refractivity contribution in [1.82, 2.24) is 5.32 Å². The Hall–Kier alpha value is -1.29. The summed E-state index contributed by atoms with van der Waals surface area (Å²) in [7, 11) is 0. The van der Waals surface area contributed by atoms with Crippen molar-refractivity contribution in [3.8, 4) is 0 Å². The first-order valence-corrected chi connectivity index (χ1v) is 5.58. The molecular formula is C12H15NO2S. The third kappa shape index (κ3) is 3.38. The molecule has 0 aromatic heterocycles. The summed E-state index contributed by atoms with van der Waals surface area (Å²) in [6, 6.07) is 8.55. The van der Waals surface area contributed by atoms with Crippen molar-refractivity contribution in [2.75, 3.05) is 0 Å². The molecule has 0 aliphatic rings. The van der Waals surface area contributed by atoms with Crippen LogP contribution in [0.3, 0.4) is 0 Å². The van der Waals surface area contributed by atoms with E-state index in [0.29, 0.717) is 0 Å². The van der Waals surface area contributed by atoms with Gasteiger partial charge in [-0.15, -0.1) is 0 Å². The summed E-state index contributed by atoms with van der Waals surface area (Å²) in [5.74, 6) is -0.332. The van der Waals surface area contributed by atoms with Crippen LogP contribution in [0.2, 0.25) is 0 Å². The van der Waals surface area contributed by atoms with Gasteiger partial charge in [0.2, 0.25) is 5.91 Å². The van der Waals surface area contributed by atoms with Gasteiger partial charge < -0.3 is 5.32 Å². The molecule has 1 N–H and O–H groups in total. The summed E-state index contributed by atoms with van der Waals surface area (Å²) in [5.41, 5.74) is 0.781. The van der Waals surface area contributed by atoms with E-state index < -0.39 is 11.3 Å². The Balaban J connectivity index is 2.96. The van der Waals surface area contributed by atoms with Crippen LogP contribution >= 0.6 is 12.6 Å². The molecule has 0 bridgehead atoms. The predicted molar refractivity (Wildman–Crippen MR) is 66.5 cm³/mol. The molecule has 0 aliphatic heterocycles. The van der Waals surface area contributed by atoms with E-state index in [2.05, 4.69) is 17.9 Å². The second kappa shape index (κ2) is 5.70. The minimum Gasteiger partial charge on any atom is -0.342 e. The smallest absolute Gasteiger partial charge is 0.217 e. The molecule has 0 saturated carbocycles. The largest absolute Gasteiger partial charge is 0.342 e. The van der Waals surface area contributed by atoms with Crippen LogP contribution in [-0.4, -0.2) is 16.9 Å². The summed E-state index contributed by atoms with van der Waals surface area (Å²) < 4.78 is 0. The van der Waals surface area contributed by atoms with Crippen LogP contribution in [0.5, 0.6) is 0 Å². The van der Waals surface area contributed by atoms with Crippen LogP contribution in [0.1, 0.15) is 25.5 Å². The van der Waals surface area contributed by atoms with Crippen LogP contribution < -0.4 is 5.32 Å². The van der Waals surface area contributed by atoms with E-state index in [1.807, 2.05) is 30.3 Å². The molecule has 0 spiro atoms. The lowest BCUT2D eigenvalue weighted by atomic mass is 10.0. The number of rotatable bonds is 4. The van der Waals surface area contributed by atoms with E-state index in [9.17, 15) is 9.59 Å². The third-order valence-corrected chi connectivity index (χ3v) is 2.43. The summed E-state index contributed by atoms with van der Waals surface area (Å²) in [6.45, 7) is 3.09. The zero-order chi connectivity index (χ0) is 12.1. The van der Waals surface area contributed by atoms with E-state index in [1.54, 1.807) is 6.92 Å². The number of carbonyl (C=O) groups excluding carboxylic acids is 2. The van der Waals surface area contributed by atoms with Crippen molar-refractivity contribution >= 4 is 24.3 Å². The first kappa shape index (κ1) is 12.8. The molecule has 0 radical (unpaired) electrons. The van der Waals surface area contributed by atoms with E-state index in [0.717, 1.165) is 5.56 Å². The van der Waals surface area contributed by atoms with Gasteiger partial charge in [0.25, 0.3) is 0 Å². The van der Waals surface area contributed by atoms with Crippen LogP contribution in [0.4, 0.5) is 0 Å². The first-order valence-electron chi connectivity index (χ1n) is 5.06. The number of carbonyl (C=O) groups is 2. The Morgan fingerprint density at radius 2 is 1.81 bits per heavy atom. The Morgan fingerprint density at radius 1 is 1.25 bits per heavy atom. The molecule has 1 rings (SSSR count). The van der Waals surface area contributed by atoms with Crippen molar-refractivity contribution in [2.24, 2.45) is 0 Å². The second-order valence-electron chi connectivity index (χ2n) is 3.62. The lowest BCUT2D eigenvalue weighted by Gasteiger charge is -2.18. The monoisotopic (exact) mass is 237 g/mol. The third-order valence-electron chi connectivity index (χ3n) is 2.18. The molecule has 2 atom stereocenters. The highest BCUT2D eigenvalue weighted by Gasteiger charge is 2.23. The molecule has 86 valence electrons. The van der Waals surface area contributed by atoms with E-state index in [1.165, 1.54) is 6.92 Å². The number of ketones is 1. The van der Waals surface area contributed by atoms with Gasteiger partial charge in [-0.05, 0) is 12.5 Å². The first-order chi connectivity index (χ1) is 7.52. The quantitative estimate of drug-likeness (QED) is 0.784. The van der Waals surface area contributed by atoms with Gasteiger partial charge in [0.05, 0.1) is 5.25 Å². The van der Waals surface area contributed by atoms with Gasteiger partial charge >= 0.3 is 0 Å². The maximum atomic E-state index is 11.9. The molecule has 0 heterocycles. The Kier molecular flexibility index (Phi) is 4.55. The molecule has 0 fully saturated rings. The van der Waals surface area contributed by atoms with Gasteiger partial charge in [-0.3, -0.25) is 9.59 Å². The maximum absolute atomic E-state index is 11.9. The lowest BCUT2D eigenvalue weighted by Crippen LogP contribution is -2.35. The van der Waals surface area contributed by atoms with Crippen molar-refractivity contribution in [2.45, 2.75) is 25.1 Å². The number of nitrogens with one attached hydrogen (secondary N) is 1. The standard InChI is InChI=1S/C12H15NO2S/c1-8(16)12(15)11(13-9(2)14)10-6-4-3-5-7-10/h3-8,11,16H,1-2H3,(H,13,14)/t8?,11-/m1/s1. The van der Waals surface area contributed by atoms with Crippen molar-refractivity contribution in [3.63, 3.8) is 0 Å². The second-order valence-corrected chi connectivity index (χ2v) is 4.40. The molecule has 1 aromatic rings. The normalized spacial score (nSPS) is 13.9. The minimum absolute atomic E-state index is 0.107. The molecule has 4 heteroatoms. The Labute approximate surface area is 101 Å². The van der Waals surface area contributed by atoms with E-state index in [-0.39, 0.29) is 11.7 Å². The highest BCUT2D eigenvalue weighted by molar-refractivity contribution is 7.81. The number of hydrogen-bond acceptors (Lipinski definition) is 3. The fourth-order valence-electron chi connectivity index (χ4n) is 1.41. The van der Waals surface area contributed by atoms with E-state index in [4.69, 9.17) is 0 Å².